The number of aliphatic hydroxyl groups excluding tert-OH is 1. The SMILES string of the molecule is C=CCN(C(=O)C1N(CCCCCO)C(=O)[C@@H]2[C@H](C(=O)N(CC=C)c3ccccc3)[C@@H]3CCC12S3)c1ccc(Cl)cc1. The van der Waals surface area contributed by atoms with E-state index in [1.807, 2.05) is 30.3 Å². The quantitative estimate of drug-likeness (QED) is 0.246. The Hall–Kier alpha value is -3.07. The lowest BCUT2D eigenvalue weighted by atomic mass is 9.70. The molecule has 2 bridgehead atoms. The van der Waals surface area contributed by atoms with E-state index in [1.54, 1.807) is 62.9 Å². The normalized spacial score (nSPS) is 25.8. The monoisotopic (exact) mass is 607 g/mol. The number of unbranched alkanes of at least 4 members (excludes halogenated alkanes) is 2. The first-order valence-corrected chi connectivity index (χ1v) is 15.9. The van der Waals surface area contributed by atoms with Crippen LogP contribution in [-0.2, 0) is 14.4 Å². The molecule has 7 nitrogen and oxygen atoms in total. The maximum atomic E-state index is 14.6. The predicted molar refractivity (Wildman–Crippen MR) is 170 cm³/mol. The van der Waals surface area contributed by atoms with Crippen LogP contribution in [0.2, 0.25) is 5.02 Å². The Balaban J connectivity index is 1.53. The van der Waals surface area contributed by atoms with E-state index in [4.69, 9.17) is 11.6 Å². The zero-order valence-corrected chi connectivity index (χ0v) is 25.3. The molecule has 3 aliphatic rings. The molecule has 3 heterocycles. The molecule has 5 atom stereocenters. The van der Waals surface area contributed by atoms with Crippen molar-refractivity contribution >= 4 is 52.5 Å². The molecule has 222 valence electrons. The molecular formula is C33H38ClN3O4S. The summed E-state index contributed by atoms with van der Waals surface area (Å²) in [5.74, 6) is -1.49. The summed E-state index contributed by atoms with van der Waals surface area (Å²) in [6, 6.07) is 15.9. The average molecular weight is 608 g/mol. The first-order chi connectivity index (χ1) is 20.4. The van der Waals surface area contributed by atoms with Gasteiger partial charge in [0.25, 0.3) is 5.91 Å². The summed E-state index contributed by atoms with van der Waals surface area (Å²) in [6.07, 6.45) is 6.90. The van der Waals surface area contributed by atoms with Gasteiger partial charge in [-0.1, -0.05) is 42.0 Å². The van der Waals surface area contributed by atoms with Gasteiger partial charge in [-0.3, -0.25) is 14.4 Å². The van der Waals surface area contributed by atoms with Crippen LogP contribution in [-0.4, -0.2) is 70.0 Å². The van der Waals surface area contributed by atoms with Crippen molar-refractivity contribution in [3.63, 3.8) is 0 Å². The highest BCUT2D eigenvalue weighted by molar-refractivity contribution is 8.02. The Labute approximate surface area is 257 Å². The van der Waals surface area contributed by atoms with Crippen molar-refractivity contribution in [2.75, 3.05) is 36.0 Å². The molecule has 5 rings (SSSR count). The number of aliphatic hydroxyl groups is 1. The van der Waals surface area contributed by atoms with Crippen molar-refractivity contribution in [3.05, 3.63) is 84.9 Å². The highest BCUT2D eigenvalue weighted by Gasteiger charge is 2.74. The number of benzene rings is 2. The van der Waals surface area contributed by atoms with E-state index < -0.39 is 22.6 Å². The molecule has 0 radical (unpaired) electrons. The number of rotatable bonds is 13. The third kappa shape index (κ3) is 5.40. The summed E-state index contributed by atoms with van der Waals surface area (Å²) in [6.45, 7) is 8.85. The largest absolute Gasteiger partial charge is 0.396 e. The first-order valence-electron chi connectivity index (χ1n) is 14.6. The van der Waals surface area contributed by atoms with Crippen molar-refractivity contribution in [2.24, 2.45) is 11.8 Å². The number of thioether (sulfide) groups is 1. The molecule has 0 saturated carbocycles. The number of anilines is 2. The van der Waals surface area contributed by atoms with Crippen molar-refractivity contribution in [3.8, 4) is 0 Å². The number of nitrogens with zero attached hydrogens (tertiary/aromatic N) is 3. The van der Waals surface area contributed by atoms with Crippen molar-refractivity contribution < 1.29 is 19.5 Å². The molecule has 2 aromatic carbocycles. The van der Waals surface area contributed by atoms with Crippen LogP contribution in [0.15, 0.2) is 79.9 Å². The van der Waals surface area contributed by atoms with Gasteiger partial charge in [0.1, 0.15) is 6.04 Å². The van der Waals surface area contributed by atoms with Crippen LogP contribution in [0.5, 0.6) is 0 Å². The number of likely N-dealkylation sites (tertiary alicyclic amines) is 1. The molecule has 3 fully saturated rings. The lowest BCUT2D eigenvalue weighted by molar-refractivity contribution is -0.139. The van der Waals surface area contributed by atoms with Gasteiger partial charge >= 0.3 is 0 Å². The van der Waals surface area contributed by atoms with Crippen LogP contribution in [0.4, 0.5) is 11.4 Å². The second kappa shape index (κ2) is 13.1. The molecule has 2 aromatic rings. The Morgan fingerprint density at radius 1 is 0.976 bits per heavy atom. The van der Waals surface area contributed by atoms with E-state index >= 15 is 0 Å². The summed E-state index contributed by atoms with van der Waals surface area (Å²) in [5.41, 5.74) is 1.45. The van der Waals surface area contributed by atoms with Gasteiger partial charge in [0.15, 0.2) is 0 Å². The highest BCUT2D eigenvalue weighted by atomic mass is 35.5. The van der Waals surface area contributed by atoms with Crippen molar-refractivity contribution in [2.45, 2.75) is 48.1 Å². The van der Waals surface area contributed by atoms with Crippen LogP contribution >= 0.6 is 23.4 Å². The molecular weight excluding hydrogens is 570 g/mol. The summed E-state index contributed by atoms with van der Waals surface area (Å²) < 4.78 is -0.696. The minimum atomic E-state index is -0.711. The standard InChI is InChI=1S/C33H38ClN3O4S/c1-3-19-35(24-11-7-5-8-12-24)30(39)27-26-17-18-33(42-26)28(27)31(40)37(21-9-6-10-22-38)29(33)32(41)36(20-4-2)25-15-13-23(34)14-16-25/h3-5,7-8,11-16,26-29,38H,1-2,6,9-10,17-22H2/t26-,27+,28-,29?,33?/m0/s1. The Morgan fingerprint density at radius 3 is 2.26 bits per heavy atom. The number of carbonyl (C=O) groups excluding carboxylic acids is 3. The molecule has 42 heavy (non-hydrogen) atoms. The minimum absolute atomic E-state index is 0.0438. The first kappa shape index (κ1) is 30.4. The fourth-order valence-corrected chi connectivity index (χ4v) is 9.32. The van der Waals surface area contributed by atoms with E-state index in [2.05, 4.69) is 13.2 Å². The van der Waals surface area contributed by atoms with Crippen LogP contribution in [0.1, 0.15) is 32.1 Å². The van der Waals surface area contributed by atoms with E-state index in [0.29, 0.717) is 43.1 Å². The van der Waals surface area contributed by atoms with Gasteiger partial charge in [-0.15, -0.1) is 24.9 Å². The van der Waals surface area contributed by atoms with Gasteiger partial charge in [-0.25, -0.2) is 0 Å². The molecule has 1 spiro atoms. The number of halogens is 1. The van der Waals surface area contributed by atoms with Gasteiger partial charge < -0.3 is 19.8 Å². The number of amides is 3. The third-order valence-electron chi connectivity index (χ3n) is 8.74. The van der Waals surface area contributed by atoms with Crippen molar-refractivity contribution in [1.82, 2.24) is 4.90 Å². The Kier molecular flexibility index (Phi) is 9.45. The van der Waals surface area contributed by atoms with Gasteiger partial charge in [-0.2, -0.15) is 0 Å². The van der Waals surface area contributed by atoms with E-state index in [1.165, 1.54) is 0 Å². The summed E-state index contributed by atoms with van der Waals surface area (Å²) in [4.78, 5) is 48.5. The molecule has 1 N–H and O–H groups in total. The second-order valence-electron chi connectivity index (χ2n) is 11.2. The average Bonchev–Trinajstić information content (AvgIpc) is 3.64. The lowest BCUT2D eigenvalue weighted by Gasteiger charge is -2.37. The number of hydrogen-bond acceptors (Lipinski definition) is 5. The minimum Gasteiger partial charge on any atom is -0.396 e. The summed E-state index contributed by atoms with van der Waals surface area (Å²) >= 11 is 7.81. The molecule has 0 aliphatic carbocycles. The van der Waals surface area contributed by atoms with E-state index in [0.717, 1.165) is 18.5 Å². The Bertz CT molecular complexity index is 1320. The van der Waals surface area contributed by atoms with Crippen LogP contribution in [0.25, 0.3) is 0 Å². The fraction of sp³-hybridized carbons (Fsp3) is 0.424. The number of hydrogen-bond donors (Lipinski definition) is 1. The van der Waals surface area contributed by atoms with Gasteiger partial charge in [-0.05, 0) is 68.5 Å². The maximum absolute atomic E-state index is 14.6. The van der Waals surface area contributed by atoms with Crippen LogP contribution in [0, 0.1) is 11.8 Å². The highest BCUT2D eigenvalue weighted by Crippen LogP contribution is 2.66. The van der Waals surface area contributed by atoms with Crippen molar-refractivity contribution in [1.29, 1.82) is 0 Å². The zero-order chi connectivity index (χ0) is 29.9. The summed E-state index contributed by atoms with van der Waals surface area (Å²) in [7, 11) is 0. The molecule has 2 unspecified atom stereocenters. The fourth-order valence-electron chi connectivity index (χ4n) is 6.99. The van der Waals surface area contributed by atoms with Gasteiger partial charge in [0.2, 0.25) is 11.8 Å². The number of para-hydroxylation sites is 1. The number of fused-ring (bicyclic) bond motifs is 1. The smallest absolute Gasteiger partial charge is 0.251 e. The molecule has 9 heteroatoms. The number of carbonyl (C=O) groups is 3. The topological polar surface area (TPSA) is 81.2 Å². The van der Waals surface area contributed by atoms with Crippen LogP contribution < -0.4 is 9.80 Å². The molecule has 3 amide bonds. The maximum Gasteiger partial charge on any atom is 0.251 e. The van der Waals surface area contributed by atoms with E-state index in [9.17, 15) is 19.5 Å². The van der Waals surface area contributed by atoms with Gasteiger partial charge in [0, 0.05) is 47.9 Å². The zero-order valence-electron chi connectivity index (χ0n) is 23.7. The molecule has 3 aliphatic heterocycles. The lowest BCUT2D eigenvalue weighted by Crippen LogP contribution is -2.55. The second-order valence-corrected chi connectivity index (χ2v) is 13.2. The predicted octanol–water partition coefficient (Wildman–Crippen LogP) is 5.33. The third-order valence-corrected chi connectivity index (χ3v) is 10.9. The molecule has 0 aromatic heterocycles. The van der Waals surface area contributed by atoms with Gasteiger partial charge in [0.05, 0.1) is 16.6 Å². The Morgan fingerprint density at radius 2 is 1.62 bits per heavy atom. The van der Waals surface area contributed by atoms with E-state index in [-0.39, 0.29) is 36.1 Å². The summed E-state index contributed by atoms with van der Waals surface area (Å²) in [5, 5.41) is 9.84. The van der Waals surface area contributed by atoms with Crippen LogP contribution in [0.3, 0.4) is 0 Å². The molecule has 3 saturated heterocycles.